The number of halogens is 1. The second-order valence-electron chi connectivity index (χ2n) is 9.01. The molecular weight excluding hydrogens is 521 g/mol. The molecule has 2 aromatic carbocycles. The predicted molar refractivity (Wildman–Crippen MR) is 140 cm³/mol. The molecule has 40 heavy (non-hydrogen) atoms. The number of aromatic nitrogens is 2. The van der Waals surface area contributed by atoms with Crippen LogP contribution in [0.2, 0.25) is 0 Å². The number of benzene rings is 2. The number of likely N-dealkylation sites (tertiary alicyclic amines) is 1. The van der Waals surface area contributed by atoms with Gasteiger partial charge in [-0.15, -0.1) is 0 Å². The molecule has 11 nitrogen and oxygen atoms in total. The third kappa shape index (κ3) is 9.77. The molecule has 1 amide bonds. The highest BCUT2D eigenvalue weighted by Gasteiger charge is 2.20. The number of nitrogens with one attached hydrogen (secondary N) is 1. The van der Waals surface area contributed by atoms with Gasteiger partial charge in [0.2, 0.25) is 0 Å². The number of piperidine rings is 1. The third-order valence-corrected chi connectivity index (χ3v) is 6.12. The summed E-state index contributed by atoms with van der Waals surface area (Å²) in [4.78, 5) is 38.0. The summed E-state index contributed by atoms with van der Waals surface area (Å²) in [5.41, 5.74) is 2.31. The molecule has 2 heterocycles. The number of carbonyl (C=O) groups excluding carboxylic acids is 1. The Balaban J connectivity index is 0.000000482. The summed E-state index contributed by atoms with van der Waals surface area (Å²) in [5.74, 6) is -2.28. The van der Waals surface area contributed by atoms with Crippen molar-refractivity contribution >= 4 is 17.8 Å². The van der Waals surface area contributed by atoms with Crippen molar-refractivity contribution in [3.8, 4) is 17.5 Å². The summed E-state index contributed by atoms with van der Waals surface area (Å²) in [6, 6.07) is 15.4. The van der Waals surface area contributed by atoms with Crippen LogP contribution >= 0.6 is 0 Å². The van der Waals surface area contributed by atoms with E-state index in [4.69, 9.17) is 20.0 Å². The summed E-state index contributed by atoms with van der Waals surface area (Å²) in [6.07, 6.45) is 4.16. The summed E-state index contributed by atoms with van der Waals surface area (Å²) in [5, 5.41) is 31.1. The maximum absolute atomic E-state index is 13.0. The predicted octanol–water partition coefficient (Wildman–Crippen LogP) is 3.49. The van der Waals surface area contributed by atoms with Gasteiger partial charge in [0.25, 0.3) is 17.6 Å². The zero-order valence-electron chi connectivity index (χ0n) is 21.5. The van der Waals surface area contributed by atoms with E-state index in [9.17, 15) is 18.8 Å². The second kappa shape index (κ2) is 14.9. The number of nitrogens with zero attached hydrogens (tertiary/aromatic N) is 4. The van der Waals surface area contributed by atoms with Gasteiger partial charge in [-0.3, -0.25) is 9.69 Å². The largest absolute Gasteiger partial charge is 0.478 e. The van der Waals surface area contributed by atoms with Crippen LogP contribution in [0, 0.1) is 23.1 Å². The molecule has 3 N–H and O–H groups in total. The quantitative estimate of drug-likeness (QED) is 0.336. The zero-order valence-corrected chi connectivity index (χ0v) is 21.5. The highest BCUT2D eigenvalue weighted by molar-refractivity contribution is 5.90. The van der Waals surface area contributed by atoms with Crippen molar-refractivity contribution in [2.24, 2.45) is 5.92 Å². The molecule has 1 aliphatic heterocycles. The van der Waals surface area contributed by atoms with Crippen molar-refractivity contribution in [1.82, 2.24) is 20.4 Å². The van der Waals surface area contributed by atoms with E-state index < -0.39 is 11.9 Å². The molecule has 1 saturated heterocycles. The summed E-state index contributed by atoms with van der Waals surface area (Å²) >= 11 is 0. The number of nitriles is 1. The molecule has 0 bridgehead atoms. The monoisotopic (exact) mass is 549 g/mol. The van der Waals surface area contributed by atoms with Crippen molar-refractivity contribution in [1.29, 1.82) is 5.26 Å². The maximum Gasteiger partial charge on any atom is 0.328 e. The van der Waals surface area contributed by atoms with Crippen LogP contribution in [0.1, 0.15) is 41.0 Å². The zero-order chi connectivity index (χ0) is 28.9. The van der Waals surface area contributed by atoms with E-state index >= 15 is 0 Å². The van der Waals surface area contributed by atoms with Crippen molar-refractivity contribution in [2.45, 2.75) is 25.8 Å². The van der Waals surface area contributed by atoms with Gasteiger partial charge in [0.1, 0.15) is 5.82 Å². The fourth-order valence-electron chi connectivity index (χ4n) is 4.01. The number of carboxylic acid groups (broad SMARTS) is 2. The molecule has 0 spiro atoms. The Morgan fingerprint density at radius 1 is 1.05 bits per heavy atom. The lowest BCUT2D eigenvalue weighted by Gasteiger charge is -2.32. The Morgan fingerprint density at radius 2 is 1.68 bits per heavy atom. The fourth-order valence-corrected chi connectivity index (χ4v) is 4.01. The number of aliphatic carboxylic acids is 2. The number of hydrogen-bond acceptors (Lipinski definition) is 8. The van der Waals surface area contributed by atoms with Crippen LogP contribution in [0.5, 0.6) is 0 Å². The van der Waals surface area contributed by atoms with Gasteiger partial charge < -0.3 is 20.1 Å². The van der Waals surface area contributed by atoms with E-state index in [1.165, 1.54) is 12.1 Å². The van der Waals surface area contributed by atoms with Gasteiger partial charge in [-0.2, -0.15) is 10.2 Å². The van der Waals surface area contributed by atoms with Crippen molar-refractivity contribution in [2.75, 3.05) is 19.6 Å². The molecule has 0 unspecified atom stereocenters. The highest BCUT2D eigenvalue weighted by atomic mass is 19.1. The molecule has 0 radical (unpaired) electrons. The molecule has 3 aromatic rings. The van der Waals surface area contributed by atoms with Crippen LogP contribution in [-0.4, -0.2) is 62.7 Å². The van der Waals surface area contributed by atoms with Gasteiger partial charge in [-0.05, 0) is 80.2 Å². The number of carboxylic acids is 2. The third-order valence-electron chi connectivity index (χ3n) is 6.12. The molecule has 1 aromatic heterocycles. The normalized spacial score (nSPS) is 13.7. The van der Waals surface area contributed by atoms with Gasteiger partial charge in [-0.25, -0.2) is 14.0 Å². The minimum Gasteiger partial charge on any atom is -0.478 e. The average Bonchev–Trinajstić information content (AvgIpc) is 3.45. The molecule has 0 aliphatic carbocycles. The highest BCUT2D eigenvalue weighted by Crippen LogP contribution is 2.22. The first-order valence-corrected chi connectivity index (χ1v) is 12.5. The molecule has 0 atom stereocenters. The van der Waals surface area contributed by atoms with Crippen LogP contribution in [0.15, 0.2) is 65.2 Å². The smallest absolute Gasteiger partial charge is 0.328 e. The van der Waals surface area contributed by atoms with E-state index in [-0.39, 0.29) is 23.4 Å². The van der Waals surface area contributed by atoms with E-state index in [0.29, 0.717) is 35.7 Å². The number of amides is 1. The van der Waals surface area contributed by atoms with E-state index in [1.54, 1.807) is 24.3 Å². The van der Waals surface area contributed by atoms with Crippen molar-refractivity contribution in [3.05, 3.63) is 83.5 Å². The molecular formula is C28H28FN5O6. The Morgan fingerprint density at radius 3 is 2.25 bits per heavy atom. The Hall–Kier alpha value is -4.89. The molecule has 4 rings (SSSR count). The van der Waals surface area contributed by atoms with Crippen molar-refractivity contribution in [3.63, 3.8) is 0 Å². The minimum absolute atomic E-state index is 0.00141. The summed E-state index contributed by atoms with van der Waals surface area (Å²) in [7, 11) is 0. The Labute approximate surface area is 229 Å². The average molecular weight is 550 g/mol. The Bertz CT molecular complexity index is 1340. The summed E-state index contributed by atoms with van der Waals surface area (Å²) in [6.45, 7) is 3.38. The van der Waals surface area contributed by atoms with Gasteiger partial charge in [0.05, 0.1) is 11.6 Å². The van der Waals surface area contributed by atoms with Gasteiger partial charge in [0.15, 0.2) is 0 Å². The van der Waals surface area contributed by atoms with Crippen LogP contribution in [0.4, 0.5) is 4.39 Å². The van der Waals surface area contributed by atoms with Gasteiger partial charge in [0, 0.05) is 30.8 Å². The lowest BCUT2D eigenvalue weighted by Crippen LogP contribution is -2.35. The minimum atomic E-state index is -1.26. The lowest BCUT2D eigenvalue weighted by atomic mass is 9.93. The first-order valence-electron chi connectivity index (χ1n) is 12.5. The van der Waals surface area contributed by atoms with E-state index in [1.807, 2.05) is 18.2 Å². The van der Waals surface area contributed by atoms with Gasteiger partial charge in [-0.1, -0.05) is 17.3 Å². The number of hydrogen-bond donors (Lipinski definition) is 3. The number of carbonyl (C=O) groups is 3. The summed E-state index contributed by atoms with van der Waals surface area (Å²) < 4.78 is 18.2. The second-order valence-corrected chi connectivity index (χ2v) is 9.01. The lowest BCUT2D eigenvalue weighted by molar-refractivity contribution is -0.134. The van der Waals surface area contributed by atoms with E-state index in [2.05, 4.69) is 20.4 Å². The SMILES string of the molecule is N#Cc1ccc(-c2nc(C(=O)NCCC3CCN(Cc4ccc(F)cc4)CC3)no2)cc1.O=C(O)C=CC(=O)O. The van der Waals surface area contributed by atoms with Crippen LogP contribution in [0.25, 0.3) is 11.5 Å². The van der Waals surface area contributed by atoms with Crippen LogP contribution < -0.4 is 5.32 Å². The van der Waals surface area contributed by atoms with Crippen molar-refractivity contribution < 1.29 is 33.5 Å². The first kappa shape index (κ1) is 29.7. The molecule has 12 heteroatoms. The first-order chi connectivity index (χ1) is 19.2. The van der Waals surface area contributed by atoms with Crippen LogP contribution in [0.3, 0.4) is 0 Å². The van der Waals surface area contributed by atoms with Crippen LogP contribution in [-0.2, 0) is 16.1 Å². The molecule has 208 valence electrons. The standard InChI is InChI=1S/C24H24FN5O2.C4H4O4/c25-21-7-3-19(4-8-21)16-30-13-10-17(11-14-30)9-12-27-23(31)22-28-24(32-29-22)20-5-1-18(15-26)2-6-20;5-3(6)1-2-4(7)8/h1-8,17H,9-14,16H2,(H,27,31);1-2H,(H,5,6)(H,7,8). The fraction of sp³-hybridized carbons (Fsp3) is 0.286. The molecule has 0 saturated carbocycles. The molecule has 1 aliphatic rings. The van der Waals surface area contributed by atoms with E-state index in [0.717, 1.165) is 44.5 Å². The Kier molecular flexibility index (Phi) is 11.0. The maximum atomic E-state index is 13.0. The molecule has 1 fully saturated rings. The topological polar surface area (TPSA) is 170 Å². The number of rotatable bonds is 9. The van der Waals surface area contributed by atoms with Gasteiger partial charge >= 0.3 is 11.9 Å².